The van der Waals surface area contributed by atoms with Gasteiger partial charge in [0.2, 0.25) is 11.9 Å². The molecule has 0 saturated carbocycles. The first-order chi connectivity index (χ1) is 66.9. The van der Waals surface area contributed by atoms with E-state index in [1.54, 1.807) is 11.5 Å². The Hall–Kier alpha value is -7.71. The molecule has 6 aliphatic rings. The Labute approximate surface area is 814 Å². The van der Waals surface area contributed by atoms with Crippen LogP contribution >= 0.6 is 34.8 Å². The number of nitrogen functional groups attached to an aromatic ring is 4. The first-order valence-corrected chi connectivity index (χ1v) is 54.3. The maximum Gasteiger partial charge on any atom is 0.351 e. The summed E-state index contributed by atoms with van der Waals surface area (Å²) in [6.45, 7) is -21.1. The zero-order valence-corrected chi connectivity index (χ0v) is 83.1. The minimum absolute atomic E-state index is 0.000299. The second-order valence-electron chi connectivity index (χ2n) is 32.3. The Morgan fingerprint density at radius 1 is 0.461 bits per heavy atom. The molecule has 9 unspecified atom stereocenters. The lowest BCUT2D eigenvalue weighted by atomic mass is 10.1. The third-order valence-electron chi connectivity index (χ3n) is 22.8. The van der Waals surface area contributed by atoms with Crippen LogP contribution in [0.3, 0.4) is 0 Å². The summed E-state index contributed by atoms with van der Waals surface area (Å²) < 4.78 is 179. The van der Waals surface area contributed by atoms with Crippen molar-refractivity contribution >= 4 is 139 Å². The van der Waals surface area contributed by atoms with Crippen LogP contribution in [0.2, 0.25) is 0 Å². The van der Waals surface area contributed by atoms with Crippen LogP contribution in [0.15, 0.2) is 77.5 Å². The molecule has 141 heavy (non-hydrogen) atoms. The van der Waals surface area contributed by atoms with Crippen LogP contribution in [-0.4, -0.2) is 309 Å². The molecule has 0 amide bonds. The Bertz CT molecular complexity index is 6700. The van der Waals surface area contributed by atoms with Gasteiger partial charge in [-0.15, -0.1) is 0 Å². The number of phosphoric ester groups is 1. The van der Waals surface area contributed by atoms with E-state index >= 15 is 18.9 Å². The maximum absolute atomic E-state index is 15.5. The van der Waals surface area contributed by atoms with Gasteiger partial charge in [0.15, 0.2) is 78.2 Å². The Morgan fingerprint density at radius 3 is 1.43 bits per heavy atom. The monoisotopic (exact) mass is 2160 g/mol. The minimum Gasteiger partial charge on any atom is -0.780 e. The Morgan fingerprint density at radius 2 is 0.894 bits per heavy atom. The van der Waals surface area contributed by atoms with Crippen molar-refractivity contribution in [3.05, 3.63) is 133 Å². The summed E-state index contributed by atoms with van der Waals surface area (Å²) in [7, 11) is -0.883. The fourth-order valence-electron chi connectivity index (χ4n) is 16.1. The quantitative estimate of drug-likeness (QED) is 0.00745. The van der Waals surface area contributed by atoms with Crippen LogP contribution in [0, 0.1) is 20.8 Å². The molecule has 0 bridgehead atoms. The zero-order chi connectivity index (χ0) is 101. The highest BCUT2D eigenvalue weighted by Crippen LogP contribution is 2.56. The number of nitrogens with two attached hydrogens (primary N) is 4. The van der Waals surface area contributed by atoms with E-state index in [1.165, 1.54) is 79.0 Å². The van der Waals surface area contributed by atoms with Crippen LogP contribution in [0.5, 0.6) is 0 Å². The Kier molecular flexibility index (Phi) is 34.6. The van der Waals surface area contributed by atoms with E-state index < -0.39 is 261 Å². The summed E-state index contributed by atoms with van der Waals surface area (Å²) in [6, 6.07) is 0. The highest BCUT2D eigenvalue weighted by molar-refractivity contribution is 8.32. The fourth-order valence-corrected chi connectivity index (χ4v) is 22.9. The Balaban J connectivity index is 0.707. The van der Waals surface area contributed by atoms with Gasteiger partial charge in [-0.1, -0.05) is 23.6 Å². The van der Waals surface area contributed by atoms with E-state index in [0.29, 0.717) is 11.2 Å². The van der Waals surface area contributed by atoms with Gasteiger partial charge in [-0.25, -0.2) is 39.3 Å². The van der Waals surface area contributed by atoms with Crippen LogP contribution in [0.4, 0.5) is 23.5 Å². The number of phosphoric acid groups is 1. The van der Waals surface area contributed by atoms with Gasteiger partial charge in [-0.3, -0.25) is 80.2 Å². The van der Waals surface area contributed by atoms with Crippen molar-refractivity contribution in [3.8, 4) is 0 Å². The summed E-state index contributed by atoms with van der Waals surface area (Å²) in [4.78, 5) is 195. The molecule has 15 rings (SSSR count). The predicted molar refractivity (Wildman–Crippen MR) is 486 cm³/mol. The number of nitrogens with zero attached hydrogens (tertiary/aromatic N) is 14. The second kappa shape index (κ2) is 45.3. The number of ether oxygens (including phenoxy) is 14. The number of hydrogen-bond donors (Lipinski definition) is 9. The summed E-state index contributed by atoms with van der Waals surface area (Å²) in [5.74, 6) is -0.851. The third-order valence-corrected chi connectivity index (χ3v) is 30.1. The molecule has 60 nitrogen and oxygen atoms in total. The SMILES string of the molecule is COCCOC1[C@@H](O)[C@@H](COP([O-])(=S)O[C@@H]2C(OCCOC)[C@H](n3cc(C)c(N)nc3=O)O[C@@H]2COP([O-])(=S)O[C@@H]2C(OCCOC)[C@H](n3cc(C)c(=O)[nH]c3=O)O[C@@H]2COP(=O)([O-])O[C@@H]2C(OCCOC)[C@H](n3cnc4c(=O)[nH]c(N)nc43)O[C@@H]2COP(=O)([S-])O[C@@H]2C[C@H](n3cnc4c(=O)[nH]c(N)nc43)O[C@@H]2C[OH+]P([O-])(=S)O[C@@H]2C[C@H](n3cnc4c(N)ncnc43)O[C@@H]2C)O[C@H]1n1cc(C)c(=O)[nH]c1=O. The third kappa shape index (κ3) is 24.9. The number of aliphatic hydroxyl groups is 2. The number of methoxy groups -OCH3 is 4. The number of aromatic nitrogens is 18. The van der Waals surface area contributed by atoms with Crippen LogP contribution < -0.4 is 81.8 Å². The van der Waals surface area contributed by atoms with Crippen molar-refractivity contribution in [2.45, 2.75) is 176 Å². The van der Waals surface area contributed by atoms with E-state index in [1.807, 2.05) is 0 Å². The zero-order valence-electron chi connectivity index (χ0n) is 75.4. The van der Waals surface area contributed by atoms with Gasteiger partial charge in [-0.05, 0) is 27.7 Å². The molecule has 27 atom stereocenters. The van der Waals surface area contributed by atoms with Gasteiger partial charge in [0, 0.05) is 88.4 Å². The molecule has 0 spiro atoms. The summed E-state index contributed by atoms with van der Waals surface area (Å²) >= 11 is 22.3. The highest BCUT2D eigenvalue weighted by atomic mass is 32.7. The van der Waals surface area contributed by atoms with Crippen molar-refractivity contribution in [1.29, 1.82) is 0 Å². The lowest BCUT2D eigenvalue weighted by molar-refractivity contribution is -0.238. The van der Waals surface area contributed by atoms with Gasteiger partial charge in [0.05, 0.1) is 110 Å². The number of nitrogens with one attached hydrogen (secondary N) is 4. The first kappa shape index (κ1) is 108. The molecule has 69 heteroatoms. The number of rotatable bonds is 47. The van der Waals surface area contributed by atoms with Crippen LogP contribution in [0.25, 0.3) is 33.5 Å². The molecule has 9 aromatic heterocycles. The maximum atomic E-state index is 15.5. The number of fused-ring (bicyclic) bond motifs is 3. The van der Waals surface area contributed by atoms with Crippen LogP contribution in [-0.2, 0) is 164 Å². The van der Waals surface area contributed by atoms with Crippen LogP contribution in [0.1, 0.15) is 73.8 Å². The summed E-state index contributed by atoms with van der Waals surface area (Å²) in [5, 5.41) is 11.7. The van der Waals surface area contributed by atoms with Gasteiger partial charge in [0.1, 0.15) is 123 Å². The van der Waals surface area contributed by atoms with E-state index in [0.717, 1.165) is 37.0 Å². The number of aliphatic hydroxyl groups excluding tert-OH is 1. The number of H-pyrrole nitrogens is 4. The standard InChI is InChI=1S/C72H101N22O38P5S4/c1-31-19-89(70(100)82-55(31)73)65-54(116-16-12-112-8)50(132-136(107,140)119-23-38-47(95)51(113-13-9-109-5)64(124-38)90-20-32(2)60(96)87-71(90)101)41(126-65)26-121-137(108,141)131-49-39(125-66(53(49)115-15-11-111-7)91-21-33(3)61(97)88-72(91)102)24-117-133(103,104)130-48-40(127-67(52(48)114-14-10-110-6)94-30-81-46-59(94)84-69(76)86-63(46)99)25-120-135(106,139)129-36-18-43(93-29-80-45-58(93)83-68(75)85-62(45)98)123-37(36)22-118-134(105,138)128-35-17-42(122-34(35)4)92-28-79-44-56(74)77-27-78-57(44)92/h19-21,27-30,34-43,47-54,64-67,95H,9-18,22-26H2,1-8H3,(H,103,104)(H,105,138)(H,106,139)(H,107,140)(H,108,141)(H2,73,82,100)(H2,74,77,78)(H,87,96,101)(H,88,97,102)(H3,75,83,85,98)(H3,76,84,86,99)/p-4/t34-,35-,36-,37-,38-,39-,40-,41-,42-,43-,47+,48+,49+,50+,51?,52?,53?,54?,64-,65-,66-,67-,134?,135?,136?,137?/m1/s1. The summed E-state index contributed by atoms with van der Waals surface area (Å²) in [5.41, 5.74) is 17.7. The molecule has 776 valence electrons. The molecule has 0 aliphatic carbocycles. The van der Waals surface area contributed by atoms with Gasteiger partial charge in [0.25, 0.3) is 36.8 Å². The molecule has 0 aromatic carbocycles. The van der Waals surface area contributed by atoms with Gasteiger partial charge < -0.3 is 167 Å². The fraction of sp³-hybridized carbons (Fsp3) is 0.625. The molecule has 6 saturated heterocycles. The number of aromatic amines is 4. The molecule has 6 aliphatic heterocycles. The molecule has 6 fully saturated rings. The van der Waals surface area contributed by atoms with Crippen molar-refractivity contribution in [1.82, 2.24) is 87.2 Å². The summed E-state index contributed by atoms with van der Waals surface area (Å²) in [6.07, 6.45) is -27.0. The lowest BCUT2D eigenvalue weighted by Gasteiger charge is -2.37. The molecule has 9 aromatic rings. The lowest BCUT2D eigenvalue weighted by Crippen LogP contribution is -2.43. The molecular formula is C72H97N22O38P5S4-4. The van der Waals surface area contributed by atoms with Gasteiger partial charge >= 0.3 is 17.1 Å². The van der Waals surface area contributed by atoms with E-state index in [-0.39, 0.29) is 109 Å². The number of hydrogen-bond acceptors (Lipinski definition) is 53. The van der Waals surface area contributed by atoms with Crippen molar-refractivity contribution in [3.63, 3.8) is 0 Å². The van der Waals surface area contributed by atoms with Gasteiger partial charge in [-0.2, -0.15) is 15.0 Å². The highest BCUT2D eigenvalue weighted by Gasteiger charge is 2.56. The number of imidazole rings is 3. The van der Waals surface area contributed by atoms with E-state index in [9.17, 15) is 48.5 Å². The molecule has 0 radical (unpaired) electrons. The molecular weight excluding hydrogens is 2060 g/mol. The number of anilines is 4. The normalized spacial score (nSPS) is 29.2. The van der Waals surface area contributed by atoms with Crippen molar-refractivity contribution in [2.24, 2.45) is 0 Å². The van der Waals surface area contributed by atoms with Crippen molar-refractivity contribution < 1.29 is 145 Å². The topological polar surface area (TPSA) is 791 Å². The average molecular weight is 2160 g/mol. The largest absolute Gasteiger partial charge is 0.780 e. The number of aryl methyl sites for hydroxylation is 3. The smallest absolute Gasteiger partial charge is 0.351 e. The van der Waals surface area contributed by atoms with E-state index in [4.69, 9.17) is 178 Å². The average Bonchev–Trinajstić information content (AvgIpc) is 1.61. The first-order valence-electron chi connectivity index (χ1n) is 42.6. The van der Waals surface area contributed by atoms with Crippen molar-refractivity contribution in [2.75, 3.05) is 137 Å². The second-order valence-corrected chi connectivity index (χ2v) is 44.6. The molecule has 15 heterocycles. The minimum atomic E-state index is -6.17. The molecule has 14 N–H and O–H groups in total. The predicted octanol–water partition coefficient (Wildman–Crippen LogP) is -5.23. The van der Waals surface area contributed by atoms with E-state index in [2.05, 4.69) is 64.3 Å².